The molecule has 0 spiro atoms. The summed E-state index contributed by atoms with van der Waals surface area (Å²) in [5.41, 5.74) is 1.73. The van der Waals surface area contributed by atoms with Crippen molar-refractivity contribution in [1.29, 1.82) is 0 Å². The molecule has 0 aliphatic rings. The van der Waals surface area contributed by atoms with Gasteiger partial charge in [-0.1, -0.05) is 29.9 Å². The lowest BCUT2D eigenvalue weighted by Gasteiger charge is -1.90. The van der Waals surface area contributed by atoms with Crippen LogP contribution in [0.25, 0.3) is 17.0 Å². The van der Waals surface area contributed by atoms with Gasteiger partial charge < -0.3 is 4.52 Å². The minimum absolute atomic E-state index is 0.531. The van der Waals surface area contributed by atoms with E-state index in [1.54, 1.807) is 0 Å². The Morgan fingerprint density at radius 2 is 2.00 bits per heavy atom. The first-order valence-electron chi connectivity index (χ1n) is 4.32. The first kappa shape index (κ1) is 8.69. The third-order valence-corrected chi connectivity index (χ3v) is 1.83. The predicted octanol–water partition coefficient (Wildman–Crippen LogP) is 2.77. The molecular formula is C11H10N2O. The maximum Gasteiger partial charge on any atom is 0.258 e. The second-order valence-corrected chi connectivity index (χ2v) is 3.07. The highest BCUT2D eigenvalue weighted by Crippen LogP contribution is 2.18. The summed E-state index contributed by atoms with van der Waals surface area (Å²) < 4.78 is 5.09. The van der Waals surface area contributed by atoms with E-state index in [1.807, 2.05) is 37.3 Å². The van der Waals surface area contributed by atoms with Gasteiger partial charge in [0.05, 0.1) is 0 Å². The summed E-state index contributed by atoms with van der Waals surface area (Å²) in [7, 11) is 0. The van der Waals surface area contributed by atoms with E-state index in [4.69, 9.17) is 4.52 Å². The molecule has 0 N–H and O–H groups in total. The van der Waals surface area contributed by atoms with Crippen molar-refractivity contribution >= 4 is 5.57 Å². The summed E-state index contributed by atoms with van der Waals surface area (Å²) in [6, 6.07) is 9.66. The minimum atomic E-state index is 0.531. The van der Waals surface area contributed by atoms with Crippen LogP contribution in [0.3, 0.4) is 0 Å². The molecule has 0 fully saturated rings. The lowest BCUT2D eigenvalue weighted by Crippen LogP contribution is -1.80. The predicted molar refractivity (Wildman–Crippen MR) is 54.4 cm³/mol. The van der Waals surface area contributed by atoms with Crippen LogP contribution in [0.2, 0.25) is 0 Å². The molecule has 1 aromatic carbocycles. The highest BCUT2D eigenvalue weighted by molar-refractivity contribution is 5.58. The smallest absolute Gasteiger partial charge is 0.258 e. The van der Waals surface area contributed by atoms with E-state index in [1.165, 1.54) is 0 Å². The molecule has 70 valence electrons. The molecule has 0 radical (unpaired) electrons. The number of aromatic nitrogens is 2. The number of rotatable bonds is 2. The highest BCUT2D eigenvalue weighted by atomic mass is 16.5. The summed E-state index contributed by atoms with van der Waals surface area (Å²) >= 11 is 0. The molecule has 1 heterocycles. The molecule has 0 saturated carbocycles. The van der Waals surface area contributed by atoms with Crippen LogP contribution in [0.15, 0.2) is 41.4 Å². The van der Waals surface area contributed by atoms with Gasteiger partial charge in [-0.25, -0.2) is 0 Å². The maximum absolute atomic E-state index is 5.09. The van der Waals surface area contributed by atoms with Crippen LogP contribution in [-0.2, 0) is 0 Å². The Balaban J connectivity index is 2.39. The van der Waals surface area contributed by atoms with Gasteiger partial charge in [0.15, 0.2) is 5.82 Å². The molecule has 3 nitrogen and oxygen atoms in total. The average Bonchev–Trinajstić information content (AvgIpc) is 2.68. The van der Waals surface area contributed by atoms with Gasteiger partial charge in [0.2, 0.25) is 0 Å². The van der Waals surface area contributed by atoms with Gasteiger partial charge in [0.25, 0.3) is 5.89 Å². The molecule has 0 amide bonds. The Morgan fingerprint density at radius 1 is 1.29 bits per heavy atom. The Kier molecular flexibility index (Phi) is 2.14. The molecule has 0 atom stereocenters. The summed E-state index contributed by atoms with van der Waals surface area (Å²) in [6.07, 6.45) is 0. The Hall–Kier alpha value is -1.90. The Bertz CT molecular complexity index is 445. The van der Waals surface area contributed by atoms with Crippen molar-refractivity contribution in [2.24, 2.45) is 0 Å². The molecule has 14 heavy (non-hydrogen) atoms. The van der Waals surface area contributed by atoms with Gasteiger partial charge in [-0.2, -0.15) is 4.98 Å². The van der Waals surface area contributed by atoms with Gasteiger partial charge in [-0.3, -0.25) is 0 Å². The number of hydrogen-bond donors (Lipinski definition) is 0. The van der Waals surface area contributed by atoms with Gasteiger partial charge in [0.1, 0.15) is 0 Å². The molecule has 0 saturated heterocycles. The zero-order valence-electron chi connectivity index (χ0n) is 7.90. The van der Waals surface area contributed by atoms with Crippen LogP contribution in [-0.4, -0.2) is 10.1 Å². The summed E-state index contributed by atoms with van der Waals surface area (Å²) in [5.74, 6) is 1.09. The van der Waals surface area contributed by atoms with E-state index in [9.17, 15) is 0 Å². The molecule has 3 heteroatoms. The topological polar surface area (TPSA) is 38.9 Å². The van der Waals surface area contributed by atoms with E-state index in [2.05, 4.69) is 16.7 Å². The van der Waals surface area contributed by atoms with Crippen molar-refractivity contribution in [1.82, 2.24) is 10.1 Å². The zero-order valence-corrected chi connectivity index (χ0v) is 7.90. The fourth-order valence-corrected chi connectivity index (χ4v) is 1.09. The number of hydrogen-bond acceptors (Lipinski definition) is 3. The SMILES string of the molecule is C=C(C)c1noc(-c2ccccc2)n1. The summed E-state index contributed by atoms with van der Waals surface area (Å²) in [5, 5.41) is 3.81. The Labute approximate surface area is 82.1 Å². The monoisotopic (exact) mass is 186 g/mol. The van der Waals surface area contributed by atoms with Gasteiger partial charge in [-0.15, -0.1) is 0 Å². The van der Waals surface area contributed by atoms with E-state index < -0.39 is 0 Å². The number of nitrogens with zero attached hydrogens (tertiary/aromatic N) is 2. The van der Waals surface area contributed by atoms with Crippen molar-refractivity contribution in [3.8, 4) is 11.5 Å². The van der Waals surface area contributed by atoms with Gasteiger partial charge in [-0.05, 0) is 24.6 Å². The largest absolute Gasteiger partial charge is 0.334 e. The van der Waals surface area contributed by atoms with Crippen LogP contribution in [0, 0.1) is 0 Å². The lowest BCUT2D eigenvalue weighted by molar-refractivity contribution is 0.428. The van der Waals surface area contributed by atoms with Crippen molar-refractivity contribution in [2.75, 3.05) is 0 Å². The molecule has 0 aliphatic carbocycles. The van der Waals surface area contributed by atoms with E-state index >= 15 is 0 Å². The van der Waals surface area contributed by atoms with Crippen LogP contribution in [0.4, 0.5) is 0 Å². The van der Waals surface area contributed by atoms with E-state index in [-0.39, 0.29) is 0 Å². The van der Waals surface area contributed by atoms with Crippen LogP contribution in [0.5, 0.6) is 0 Å². The maximum atomic E-state index is 5.09. The molecule has 0 unspecified atom stereocenters. The average molecular weight is 186 g/mol. The van der Waals surface area contributed by atoms with Crippen molar-refractivity contribution < 1.29 is 4.52 Å². The van der Waals surface area contributed by atoms with E-state index in [0.717, 1.165) is 11.1 Å². The third-order valence-electron chi connectivity index (χ3n) is 1.83. The fraction of sp³-hybridized carbons (Fsp3) is 0.0909. The second kappa shape index (κ2) is 3.46. The minimum Gasteiger partial charge on any atom is -0.334 e. The van der Waals surface area contributed by atoms with Crippen molar-refractivity contribution in [2.45, 2.75) is 6.92 Å². The third kappa shape index (κ3) is 1.57. The standard InChI is InChI=1S/C11H10N2O/c1-8(2)10-12-11(14-13-10)9-6-4-3-5-7-9/h3-7H,1H2,2H3. The first-order valence-corrected chi connectivity index (χ1v) is 4.32. The van der Waals surface area contributed by atoms with Crippen LogP contribution in [0.1, 0.15) is 12.7 Å². The molecular weight excluding hydrogens is 176 g/mol. The summed E-state index contributed by atoms with van der Waals surface area (Å²) in [4.78, 5) is 4.20. The van der Waals surface area contributed by atoms with E-state index in [0.29, 0.717) is 11.7 Å². The van der Waals surface area contributed by atoms with Crippen LogP contribution >= 0.6 is 0 Å². The van der Waals surface area contributed by atoms with Crippen LogP contribution < -0.4 is 0 Å². The molecule has 2 aromatic rings. The van der Waals surface area contributed by atoms with Gasteiger partial charge >= 0.3 is 0 Å². The number of allylic oxidation sites excluding steroid dienone is 1. The summed E-state index contributed by atoms with van der Waals surface area (Å²) in [6.45, 7) is 5.59. The van der Waals surface area contributed by atoms with Crippen molar-refractivity contribution in [3.63, 3.8) is 0 Å². The molecule has 2 rings (SSSR count). The quantitative estimate of drug-likeness (QED) is 0.723. The van der Waals surface area contributed by atoms with Gasteiger partial charge in [0, 0.05) is 5.56 Å². The Morgan fingerprint density at radius 3 is 2.57 bits per heavy atom. The first-order chi connectivity index (χ1) is 6.77. The second-order valence-electron chi connectivity index (χ2n) is 3.07. The zero-order chi connectivity index (χ0) is 9.97. The normalized spacial score (nSPS) is 10.1. The lowest BCUT2D eigenvalue weighted by atomic mass is 10.2. The number of benzene rings is 1. The van der Waals surface area contributed by atoms with Crippen molar-refractivity contribution in [3.05, 3.63) is 42.7 Å². The molecule has 0 bridgehead atoms. The molecule has 0 aliphatic heterocycles. The highest BCUT2D eigenvalue weighted by Gasteiger charge is 2.07. The fourth-order valence-electron chi connectivity index (χ4n) is 1.09. The molecule has 1 aromatic heterocycles.